The minimum Gasteiger partial charge on any atom is -0.351 e. The second-order valence-electron chi connectivity index (χ2n) is 4.66. The first-order valence-electron chi connectivity index (χ1n) is 6.89. The molecule has 0 aliphatic heterocycles. The molecule has 0 atom stereocenters. The van der Waals surface area contributed by atoms with E-state index >= 15 is 0 Å². The van der Waals surface area contributed by atoms with Gasteiger partial charge in [0.15, 0.2) is 0 Å². The molecule has 0 aliphatic carbocycles. The Morgan fingerprint density at radius 1 is 1.30 bits per heavy atom. The Morgan fingerprint density at radius 2 is 2.13 bits per heavy atom. The standard InChI is InChI=1S/C15H14N4O2S2/c1-10(20)17-8-12-2-3-13(23-12)15-18-14(21-19-15)9-22-11-4-6-16-7-5-11/h2-7H,8-9H2,1H3,(H,17,20). The number of carbonyl (C=O) groups excluding carboxylic acids is 1. The summed E-state index contributed by atoms with van der Waals surface area (Å²) < 4.78 is 5.29. The van der Waals surface area contributed by atoms with E-state index in [1.807, 2.05) is 24.3 Å². The van der Waals surface area contributed by atoms with Crippen LogP contribution in [0.1, 0.15) is 17.7 Å². The molecule has 1 N–H and O–H groups in total. The summed E-state index contributed by atoms with van der Waals surface area (Å²) in [4.78, 5) is 22.4. The maximum Gasteiger partial charge on any atom is 0.237 e. The molecule has 0 radical (unpaired) electrons. The number of rotatable bonds is 6. The number of pyridine rings is 1. The Labute approximate surface area is 141 Å². The smallest absolute Gasteiger partial charge is 0.237 e. The van der Waals surface area contributed by atoms with Gasteiger partial charge in [0.2, 0.25) is 17.6 Å². The van der Waals surface area contributed by atoms with Gasteiger partial charge in [0.25, 0.3) is 0 Å². The van der Waals surface area contributed by atoms with Crippen LogP contribution < -0.4 is 5.32 Å². The van der Waals surface area contributed by atoms with Gasteiger partial charge >= 0.3 is 0 Å². The number of carbonyl (C=O) groups is 1. The van der Waals surface area contributed by atoms with Crippen LogP contribution in [0.15, 0.2) is 46.1 Å². The Morgan fingerprint density at radius 3 is 2.91 bits per heavy atom. The van der Waals surface area contributed by atoms with Crippen LogP contribution in [-0.2, 0) is 17.1 Å². The second kappa shape index (κ2) is 7.38. The van der Waals surface area contributed by atoms with Crippen molar-refractivity contribution in [3.05, 3.63) is 47.4 Å². The Balaban J connectivity index is 1.61. The zero-order valence-corrected chi connectivity index (χ0v) is 14.0. The third-order valence-corrected chi connectivity index (χ3v) is 4.95. The van der Waals surface area contributed by atoms with E-state index in [0.29, 0.717) is 24.0 Å². The van der Waals surface area contributed by atoms with Gasteiger partial charge in [-0.15, -0.1) is 23.1 Å². The molecule has 3 aromatic rings. The van der Waals surface area contributed by atoms with E-state index in [-0.39, 0.29) is 5.91 Å². The van der Waals surface area contributed by atoms with E-state index in [4.69, 9.17) is 4.52 Å². The first-order chi connectivity index (χ1) is 11.2. The maximum atomic E-state index is 10.9. The average Bonchev–Trinajstić information content (AvgIpc) is 3.21. The summed E-state index contributed by atoms with van der Waals surface area (Å²) in [6, 6.07) is 7.77. The van der Waals surface area contributed by atoms with Crippen molar-refractivity contribution in [1.82, 2.24) is 20.4 Å². The zero-order chi connectivity index (χ0) is 16.1. The molecule has 0 fully saturated rings. The molecule has 0 aromatic carbocycles. The summed E-state index contributed by atoms with van der Waals surface area (Å²) in [7, 11) is 0. The molecule has 118 valence electrons. The summed E-state index contributed by atoms with van der Waals surface area (Å²) in [6.45, 7) is 2.02. The molecule has 1 amide bonds. The molecule has 0 bridgehead atoms. The highest BCUT2D eigenvalue weighted by atomic mass is 32.2. The van der Waals surface area contributed by atoms with Gasteiger partial charge in [0.1, 0.15) is 0 Å². The van der Waals surface area contributed by atoms with Crippen molar-refractivity contribution in [1.29, 1.82) is 0 Å². The number of hydrogen-bond acceptors (Lipinski definition) is 7. The number of thioether (sulfide) groups is 1. The van der Waals surface area contributed by atoms with E-state index in [9.17, 15) is 4.79 Å². The molecule has 0 unspecified atom stereocenters. The van der Waals surface area contributed by atoms with E-state index in [1.54, 1.807) is 35.5 Å². The average molecular weight is 346 g/mol. The first kappa shape index (κ1) is 15.7. The number of thiophene rings is 1. The van der Waals surface area contributed by atoms with E-state index in [2.05, 4.69) is 20.4 Å². The molecule has 0 saturated heterocycles. The van der Waals surface area contributed by atoms with Crippen LogP contribution in [0.5, 0.6) is 0 Å². The minimum atomic E-state index is -0.0464. The number of nitrogens with one attached hydrogen (secondary N) is 1. The first-order valence-corrected chi connectivity index (χ1v) is 8.70. The minimum absolute atomic E-state index is 0.0464. The van der Waals surface area contributed by atoms with E-state index in [0.717, 1.165) is 14.6 Å². The number of nitrogens with zero attached hydrogens (tertiary/aromatic N) is 3. The van der Waals surface area contributed by atoms with E-state index in [1.165, 1.54) is 6.92 Å². The van der Waals surface area contributed by atoms with Crippen molar-refractivity contribution in [2.75, 3.05) is 0 Å². The lowest BCUT2D eigenvalue weighted by Crippen LogP contribution is -2.17. The molecule has 3 aromatic heterocycles. The van der Waals surface area contributed by atoms with Gasteiger partial charge in [-0.25, -0.2) is 0 Å². The highest BCUT2D eigenvalue weighted by molar-refractivity contribution is 7.98. The van der Waals surface area contributed by atoms with E-state index < -0.39 is 0 Å². The largest absolute Gasteiger partial charge is 0.351 e. The van der Waals surface area contributed by atoms with Crippen LogP contribution in [0.25, 0.3) is 10.7 Å². The number of amides is 1. The molecule has 3 rings (SSSR count). The quantitative estimate of drug-likeness (QED) is 0.691. The molecule has 8 heteroatoms. The van der Waals surface area contributed by atoms with Crippen LogP contribution in [0.3, 0.4) is 0 Å². The van der Waals surface area contributed by atoms with Gasteiger partial charge in [0, 0.05) is 29.1 Å². The normalized spacial score (nSPS) is 10.7. The lowest BCUT2D eigenvalue weighted by Gasteiger charge is -1.96. The summed E-state index contributed by atoms with van der Waals surface area (Å²) in [5, 5.41) is 6.79. The highest BCUT2D eigenvalue weighted by Crippen LogP contribution is 2.27. The lowest BCUT2D eigenvalue weighted by molar-refractivity contribution is -0.119. The monoisotopic (exact) mass is 346 g/mol. The van der Waals surface area contributed by atoms with Crippen LogP contribution in [0.2, 0.25) is 0 Å². The summed E-state index contributed by atoms with van der Waals surface area (Å²) in [5.74, 6) is 1.73. The Kier molecular flexibility index (Phi) is 5.04. The molecule has 3 heterocycles. The number of aromatic nitrogens is 3. The predicted octanol–water partition coefficient (Wildman–Crippen LogP) is 3.12. The maximum absolute atomic E-state index is 10.9. The van der Waals surface area contributed by atoms with Gasteiger partial charge in [-0.3, -0.25) is 9.78 Å². The topological polar surface area (TPSA) is 80.9 Å². The van der Waals surface area contributed by atoms with Crippen LogP contribution in [0.4, 0.5) is 0 Å². The van der Waals surface area contributed by atoms with Crippen LogP contribution in [-0.4, -0.2) is 21.0 Å². The number of hydrogen-bond donors (Lipinski definition) is 1. The lowest BCUT2D eigenvalue weighted by atomic mass is 10.4. The fraction of sp³-hybridized carbons (Fsp3) is 0.200. The fourth-order valence-corrected chi connectivity index (χ4v) is 3.39. The molecule has 0 saturated carbocycles. The summed E-state index contributed by atoms with van der Waals surface area (Å²) >= 11 is 3.16. The third-order valence-electron chi connectivity index (χ3n) is 2.87. The van der Waals surface area contributed by atoms with Crippen LogP contribution in [0, 0.1) is 0 Å². The summed E-state index contributed by atoms with van der Waals surface area (Å²) in [5.41, 5.74) is 0. The molecular formula is C15H14N4O2S2. The zero-order valence-electron chi connectivity index (χ0n) is 12.4. The van der Waals surface area contributed by atoms with Crippen molar-refractivity contribution in [3.8, 4) is 10.7 Å². The Hall–Kier alpha value is -2.19. The molecule has 0 aliphatic rings. The summed E-state index contributed by atoms with van der Waals surface area (Å²) in [6.07, 6.45) is 3.51. The van der Waals surface area contributed by atoms with Gasteiger partial charge in [0.05, 0.1) is 17.2 Å². The predicted molar refractivity (Wildman–Crippen MR) is 88.9 cm³/mol. The molecule has 23 heavy (non-hydrogen) atoms. The third kappa shape index (κ3) is 4.40. The van der Waals surface area contributed by atoms with Crippen molar-refractivity contribution >= 4 is 29.0 Å². The van der Waals surface area contributed by atoms with Gasteiger partial charge < -0.3 is 9.84 Å². The van der Waals surface area contributed by atoms with Gasteiger partial charge in [-0.1, -0.05) is 5.16 Å². The second-order valence-corrected chi connectivity index (χ2v) is 6.88. The van der Waals surface area contributed by atoms with Gasteiger partial charge in [-0.2, -0.15) is 4.98 Å². The molecule has 6 nitrogen and oxygen atoms in total. The van der Waals surface area contributed by atoms with Crippen molar-refractivity contribution < 1.29 is 9.32 Å². The molecular weight excluding hydrogens is 332 g/mol. The SMILES string of the molecule is CC(=O)NCc1ccc(-c2noc(CSc3ccncc3)n2)s1. The van der Waals surface area contributed by atoms with Crippen molar-refractivity contribution in [3.63, 3.8) is 0 Å². The Bertz CT molecular complexity index is 786. The highest BCUT2D eigenvalue weighted by Gasteiger charge is 2.11. The van der Waals surface area contributed by atoms with Crippen LogP contribution >= 0.6 is 23.1 Å². The fourth-order valence-electron chi connectivity index (χ4n) is 1.80. The van der Waals surface area contributed by atoms with Crippen molar-refractivity contribution in [2.24, 2.45) is 0 Å². The van der Waals surface area contributed by atoms with Gasteiger partial charge in [-0.05, 0) is 24.3 Å². The van der Waals surface area contributed by atoms with Crippen molar-refractivity contribution in [2.45, 2.75) is 24.1 Å². The molecule has 0 spiro atoms.